The fourth-order valence-corrected chi connectivity index (χ4v) is 3.51. The smallest absolute Gasteiger partial charge is 0.305 e. The summed E-state index contributed by atoms with van der Waals surface area (Å²) in [6.45, 7) is 8.14. The summed E-state index contributed by atoms with van der Waals surface area (Å²) in [5.74, 6) is 0.384. The highest BCUT2D eigenvalue weighted by Gasteiger charge is 2.30. The molecular weight excluding hydrogens is 274 g/mol. The Morgan fingerprint density at radius 2 is 1.95 bits per heavy atom. The van der Waals surface area contributed by atoms with Crippen LogP contribution in [-0.2, 0) is 20.5 Å². The summed E-state index contributed by atoms with van der Waals surface area (Å²) >= 11 is 0. The molecule has 0 aromatic heterocycles. The van der Waals surface area contributed by atoms with E-state index in [-0.39, 0.29) is 16.8 Å². The van der Waals surface area contributed by atoms with Gasteiger partial charge in [0.15, 0.2) is 0 Å². The first kappa shape index (κ1) is 17.6. The van der Waals surface area contributed by atoms with Gasteiger partial charge in [-0.1, -0.05) is 12.8 Å². The van der Waals surface area contributed by atoms with Crippen molar-refractivity contribution in [3.8, 4) is 0 Å². The van der Waals surface area contributed by atoms with Crippen molar-refractivity contribution in [3.63, 3.8) is 0 Å². The minimum absolute atomic E-state index is 0.154. The van der Waals surface area contributed by atoms with Crippen LogP contribution in [0.4, 0.5) is 0 Å². The van der Waals surface area contributed by atoms with Crippen LogP contribution in [-0.4, -0.2) is 27.6 Å². The summed E-state index contributed by atoms with van der Waals surface area (Å²) in [5, 5.41) is 0. The maximum Gasteiger partial charge on any atom is 0.305 e. The van der Waals surface area contributed by atoms with Crippen molar-refractivity contribution in [2.45, 2.75) is 77.0 Å². The second-order valence-electron chi connectivity index (χ2n) is 6.49. The molecule has 0 aliphatic heterocycles. The molecule has 0 aromatic rings. The monoisotopic (exact) mass is 303 g/mol. The predicted molar refractivity (Wildman–Crippen MR) is 82.6 cm³/mol. The van der Waals surface area contributed by atoms with Gasteiger partial charge in [0.2, 0.25) is 0 Å². The second-order valence-corrected chi connectivity index (χ2v) is 8.49. The van der Waals surface area contributed by atoms with Gasteiger partial charge in [-0.25, -0.2) is 8.93 Å². The molecule has 2 atom stereocenters. The summed E-state index contributed by atoms with van der Waals surface area (Å²) in [4.78, 5) is 11.5. The summed E-state index contributed by atoms with van der Waals surface area (Å²) in [6, 6.07) is 0.155. The Morgan fingerprint density at radius 1 is 1.35 bits per heavy atom. The number of hydrogen-bond acceptors (Lipinski definition) is 3. The molecule has 5 heteroatoms. The molecular formula is C15H29NO3S. The van der Waals surface area contributed by atoms with Crippen LogP contribution in [0.2, 0.25) is 0 Å². The van der Waals surface area contributed by atoms with E-state index in [1.54, 1.807) is 0 Å². The molecule has 20 heavy (non-hydrogen) atoms. The van der Waals surface area contributed by atoms with Crippen molar-refractivity contribution in [1.82, 2.24) is 4.72 Å². The van der Waals surface area contributed by atoms with Gasteiger partial charge in [0, 0.05) is 12.5 Å². The highest BCUT2D eigenvalue weighted by atomic mass is 32.2. The predicted octanol–water partition coefficient (Wildman–Crippen LogP) is 2.94. The Balaban J connectivity index is 2.56. The summed E-state index contributed by atoms with van der Waals surface area (Å²) in [6.07, 6.45) is 5.94. The third-order valence-corrected chi connectivity index (χ3v) is 5.38. The van der Waals surface area contributed by atoms with Crippen LogP contribution < -0.4 is 4.72 Å². The molecule has 1 saturated carbocycles. The van der Waals surface area contributed by atoms with Crippen molar-refractivity contribution in [2.75, 3.05) is 6.61 Å². The molecule has 0 saturated heterocycles. The quantitative estimate of drug-likeness (QED) is 0.736. The van der Waals surface area contributed by atoms with Crippen molar-refractivity contribution >= 4 is 17.0 Å². The SMILES string of the molecule is CCOC(=O)CC[C@@H](N[S@](=O)C(C)(C)C)C1CCCC1. The van der Waals surface area contributed by atoms with Gasteiger partial charge >= 0.3 is 5.97 Å². The first-order chi connectivity index (χ1) is 9.34. The normalized spacial score (nSPS) is 19.8. The van der Waals surface area contributed by atoms with E-state index in [1.165, 1.54) is 25.7 Å². The van der Waals surface area contributed by atoms with E-state index in [2.05, 4.69) is 4.72 Å². The van der Waals surface area contributed by atoms with Gasteiger partial charge < -0.3 is 4.74 Å². The molecule has 0 bridgehead atoms. The Bertz CT molecular complexity index is 333. The average Bonchev–Trinajstić information content (AvgIpc) is 2.86. The first-order valence-electron chi connectivity index (χ1n) is 7.68. The van der Waals surface area contributed by atoms with E-state index in [9.17, 15) is 9.00 Å². The molecule has 0 unspecified atom stereocenters. The molecule has 118 valence electrons. The molecule has 1 aliphatic carbocycles. The fourth-order valence-electron chi connectivity index (χ4n) is 2.57. The highest BCUT2D eigenvalue weighted by Crippen LogP contribution is 2.30. The molecule has 4 nitrogen and oxygen atoms in total. The lowest BCUT2D eigenvalue weighted by atomic mass is 9.95. The Morgan fingerprint density at radius 3 is 2.45 bits per heavy atom. The fraction of sp³-hybridized carbons (Fsp3) is 0.933. The highest BCUT2D eigenvalue weighted by molar-refractivity contribution is 7.84. The molecule has 0 spiro atoms. The third-order valence-electron chi connectivity index (χ3n) is 3.75. The van der Waals surface area contributed by atoms with Gasteiger partial charge in [-0.15, -0.1) is 0 Å². The Labute approximate surface area is 125 Å². The standard InChI is InChI=1S/C15H29NO3S/c1-5-19-14(17)11-10-13(12-8-6-7-9-12)16-20(18)15(2,3)4/h12-13,16H,5-11H2,1-4H3/t13-,20-/m1/s1. The van der Waals surface area contributed by atoms with Crippen LogP contribution in [0.5, 0.6) is 0 Å². The van der Waals surface area contributed by atoms with E-state index in [4.69, 9.17) is 4.74 Å². The van der Waals surface area contributed by atoms with E-state index in [1.807, 2.05) is 27.7 Å². The molecule has 0 aromatic carbocycles. The van der Waals surface area contributed by atoms with Crippen LogP contribution >= 0.6 is 0 Å². The Kier molecular flexibility index (Phi) is 7.17. The lowest BCUT2D eigenvalue weighted by Crippen LogP contribution is -2.43. The molecule has 1 N–H and O–H groups in total. The zero-order valence-corrected chi connectivity index (χ0v) is 14.1. The van der Waals surface area contributed by atoms with Crippen LogP contribution in [0.25, 0.3) is 0 Å². The average molecular weight is 303 g/mol. The van der Waals surface area contributed by atoms with E-state index in [0.29, 0.717) is 25.4 Å². The second kappa shape index (κ2) is 8.13. The van der Waals surface area contributed by atoms with Crippen molar-refractivity contribution in [2.24, 2.45) is 5.92 Å². The van der Waals surface area contributed by atoms with Crippen LogP contribution in [0.15, 0.2) is 0 Å². The zero-order valence-electron chi connectivity index (χ0n) is 13.2. The minimum atomic E-state index is -1.08. The van der Waals surface area contributed by atoms with Gasteiger partial charge in [0.25, 0.3) is 0 Å². The lowest BCUT2D eigenvalue weighted by molar-refractivity contribution is -0.143. The summed E-state index contributed by atoms with van der Waals surface area (Å²) < 4.78 is 20.3. The molecule has 1 rings (SSSR count). The summed E-state index contributed by atoms with van der Waals surface area (Å²) in [7, 11) is -1.08. The topological polar surface area (TPSA) is 55.4 Å². The Hall–Kier alpha value is -0.420. The van der Waals surface area contributed by atoms with Crippen LogP contribution in [0, 0.1) is 5.92 Å². The first-order valence-corrected chi connectivity index (χ1v) is 8.83. The number of nitrogens with one attached hydrogen (secondary N) is 1. The van der Waals surface area contributed by atoms with Crippen molar-refractivity contribution in [3.05, 3.63) is 0 Å². The number of carbonyl (C=O) groups is 1. The molecule has 1 aliphatic rings. The van der Waals surface area contributed by atoms with E-state index in [0.717, 1.165) is 0 Å². The number of carbonyl (C=O) groups excluding carboxylic acids is 1. The third kappa shape index (κ3) is 5.92. The maximum absolute atomic E-state index is 12.3. The van der Waals surface area contributed by atoms with Gasteiger partial charge in [0.05, 0.1) is 22.3 Å². The zero-order chi connectivity index (χ0) is 15.2. The molecule has 0 amide bonds. The van der Waals surface area contributed by atoms with Gasteiger partial charge in [-0.2, -0.15) is 0 Å². The number of hydrogen-bond donors (Lipinski definition) is 1. The molecule has 1 fully saturated rings. The molecule has 0 radical (unpaired) electrons. The van der Waals surface area contributed by atoms with Gasteiger partial charge in [-0.05, 0) is 52.9 Å². The largest absolute Gasteiger partial charge is 0.466 e. The van der Waals surface area contributed by atoms with Gasteiger partial charge in [0.1, 0.15) is 0 Å². The minimum Gasteiger partial charge on any atom is -0.466 e. The van der Waals surface area contributed by atoms with Crippen LogP contribution in [0.3, 0.4) is 0 Å². The van der Waals surface area contributed by atoms with Crippen molar-refractivity contribution in [1.29, 1.82) is 0 Å². The number of esters is 1. The summed E-state index contributed by atoms with van der Waals surface area (Å²) in [5.41, 5.74) is 0. The van der Waals surface area contributed by atoms with E-state index >= 15 is 0 Å². The van der Waals surface area contributed by atoms with E-state index < -0.39 is 11.0 Å². The number of ether oxygens (including phenoxy) is 1. The maximum atomic E-state index is 12.3. The lowest BCUT2D eigenvalue weighted by Gasteiger charge is -2.28. The van der Waals surface area contributed by atoms with Gasteiger partial charge in [-0.3, -0.25) is 4.79 Å². The molecule has 0 heterocycles. The number of rotatable bonds is 7. The van der Waals surface area contributed by atoms with Crippen LogP contribution in [0.1, 0.15) is 66.2 Å². The van der Waals surface area contributed by atoms with Crippen molar-refractivity contribution < 1.29 is 13.7 Å².